The van der Waals surface area contributed by atoms with Gasteiger partial charge in [0.2, 0.25) is 0 Å². The number of hydrogen-bond donors (Lipinski definition) is 0. The van der Waals surface area contributed by atoms with Crippen molar-refractivity contribution in [2.45, 2.75) is 46.0 Å². The molecule has 0 aromatic heterocycles. The Labute approximate surface area is 108 Å². The highest BCUT2D eigenvalue weighted by atomic mass is 28.3. The summed E-state index contributed by atoms with van der Waals surface area (Å²) in [5, 5.41) is 1.55. The Morgan fingerprint density at radius 3 is 2.12 bits per heavy atom. The molecule has 0 aliphatic heterocycles. The molecule has 0 atom stereocenters. The van der Waals surface area contributed by atoms with Gasteiger partial charge in [0.15, 0.2) is 0 Å². The summed E-state index contributed by atoms with van der Waals surface area (Å²) in [6.45, 7) is 11.7. The number of rotatable bonds is 6. The number of nitrogens with zero attached hydrogens (tertiary/aromatic N) is 1. The highest BCUT2D eigenvalue weighted by Gasteiger charge is 2.15. The molecule has 0 radical (unpaired) electrons. The molecule has 1 rings (SSSR count). The van der Waals surface area contributed by atoms with E-state index < -0.39 is 8.07 Å². The Morgan fingerprint density at radius 2 is 1.65 bits per heavy atom. The molecule has 2 heteroatoms. The van der Waals surface area contributed by atoms with Crippen LogP contribution in [0.2, 0.25) is 19.6 Å². The molecule has 0 amide bonds. The molecule has 96 valence electrons. The Morgan fingerprint density at radius 1 is 1.06 bits per heavy atom. The van der Waals surface area contributed by atoms with E-state index in [4.69, 9.17) is 0 Å². The third-order valence-electron chi connectivity index (χ3n) is 3.17. The van der Waals surface area contributed by atoms with Gasteiger partial charge in [-0.2, -0.15) is 0 Å². The van der Waals surface area contributed by atoms with E-state index >= 15 is 0 Å². The van der Waals surface area contributed by atoms with Crippen LogP contribution in [0.4, 0.5) is 0 Å². The van der Waals surface area contributed by atoms with Crippen LogP contribution in [-0.4, -0.2) is 26.6 Å². The molecule has 0 unspecified atom stereocenters. The topological polar surface area (TPSA) is 3.24 Å². The van der Waals surface area contributed by atoms with Crippen LogP contribution >= 0.6 is 0 Å². The standard InChI is InChI=1S/C15H27NSi/c1-6-7-12-16(2)13-14-8-10-15(11-9-14)17(3,4)5/h8-11H,6-7,12-13H2,1-5H3. The number of hydrogen-bond acceptors (Lipinski definition) is 1. The fraction of sp³-hybridized carbons (Fsp3) is 0.600. The number of benzene rings is 1. The van der Waals surface area contributed by atoms with Crippen molar-refractivity contribution in [2.75, 3.05) is 13.6 Å². The summed E-state index contributed by atoms with van der Waals surface area (Å²) in [7, 11) is 1.08. The van der Waals surface area contributed by atoms with Crippen LogP contribution in [0.5, 0.6) is 0 Å². The van der Waals surface area contributed by atoms with Crippen LogP contribution in [0.3, 0.4) is 0 Å². The fourth-order valence-corrected chi connectivity index (χ4v) is 3.10. The summed E-state index contributed by atoms with van der Waals surface area (Å²) in [6.07, 6.45) is 2.57. The first-order valence-corrected chi connectivity index (χ1v) is 10.2. The lowest BCUT2D eigenvalue weighted by Crippen LogP contribution is -2.37. The minimum Gasteiger partial charge on any atom is -0.302 e. The Balaban J connectivity index is 2.56. The lowest BCUT2D eigenvalue weighted by atomic mass is 10.2. The summed E-state index contributed by atoms with van der Waals surface area (Å²) in [4.78, 5) is 2.41. The molecule has 0 aliphatic carbocycles. The van der Waals surface area contributed by atoms with E-state index in [-0.39, 0.29) is 0 Å². The van der Waals surface area contributed by atoms with E-state index in [1.54, 1.807) is 5.19 Å². The van der Waals surface area contributed by atoms with Crippen molar-refractivity contribution < 1.29 is 0 Å². The second-order valence-corrected chi connectivity index (χ2v) is 11.1. The van der Waals surface area contributed by atoms with Crippen LogP contribution in [0.1, 0.15) is 25.3 Å². The van der Waals surface area contributed by atoms with Crippen LogP contribution in [0.25, 0.3) is 0 Å². The van der Waals surface area contributed by atoms with E-state index in [0.717, 1.165) is 6.54 Å². The summed E-state index contributed by atoms with van der Waals surface area (Å²) in [6, 6.07) is 9.26. The van der Waals surface area contributed by atoms with Gasteiger partial charge in [0.1, 0.15) is 0 Å². The molecule has 0 heterocycles. The molecular formula is C15H27NSi. The Hall–Kier alpha value is -0.603. The molecule has 17 heavy (non-hydrogen) atoms. The molecule has 1 aromatic carbocycles. The lowest BCUT2D eigenvalue weighted by Gasteiger charge is -2.19. The van der Waals surface area contributed by atoms with Crippen LogP contribution in [0, 0.1) is 0 Å². The maximum Gasteiger partial charge on any atom is 0.0775 e. The smallest absolute Gasteiger partial charge is 0.0775 e. The molecule has 1 nitrogen and oxygen atoms in total. The van der Waals surface area contributed by atoms with Gasteiger partial charge in [0, 0.05) is 6.54 Å². The number of unbranched alkanes of at least 4 members (excludes halogenated alkanes) is 1. The molecule has 1 aromatic rings. The predicted molar refractivity (Wildman–Crippen MR) is 80.7 cm³/mol. The normalized spacial score (nSPS) is 12.1. The van der Waals surface area contributed by atoms with Gasteiger partial charge in [-0.15, -0.1) is 0 Å². The average Bonchev–Trinajstić information content (AvgIpc) is 2.26. The van der Waals surface area contributed by atoms with Gasteiger partial charge in [-0.3, -0.25) is 0 Å². The molecular weight excluding hydrogens is 222 g/mol. The van der Waals surface area contributed by atoms with Crippen LogP contribution in [0.15, 0.2) is 24.3 Å². The molecule has 0 saturated heterocycles. The van der Waals surface area contributed by atoms with Gasteiger partial charge in [-0.1, -0.05) is 62.4 Å². The van der Waals surface area contributed by atoms with E-state index in [1.807, 2.05) is 0 Å². The van der Waals surface area contributed by atoms with Crippen molar-refractivity contribution in [1.82, 2.24) is 4.90 Å². The second-order valence-electron chi connectivity index (χ2n) is 6.04. The summed E-state index contributed by atoms with van der Waals surface area (Å²) in [5.74, 6) is 0. The van der Waals surface area contributed by atoms with Crippen molar-refractivity contribution in [2.24, 2.45) is 0 Å². The van der Waals surface area contributed by atoms with E-state index in [2.05, 4.69) is 62.8 Å². The van der Waals surface area contributed by atoms with Crippen LogP contribution in [-0.2, 0) is 6.54 Å². The van der Waals surface area contributed by atoms with Gasteiger partial charge < -0.3 is 4.90 Å². The summed E-state index contributed by atoms with van der Waals surface area (Å²) >= 11 is 0. The van der Waals surface area contributed by atoms with Crippen molar-refractivity contribution >= 4 is 13.3 Å². The van der Waals surface area contributed by atoms with Gasteiger partial charge in [0.25, 0.3) is 0 Å². The Bertz CT molecular complexity index is 324. The monoisotopic (exact) mass is 249 g/mol. The average molecular weight is 249 g/mol. The first kappa shape index (κ1) is 14.5. The van der Waals surface area contributed by atoms with Gasteiger partial charge in [0.05, 0.1) is 8.07 Å². The zero-order valence-electron chi connectivity index (χ0n) is 12.1. The minimum atomic E-state index is -1.13. The van der Waals surface area contributed by atoms with Gasteiger partial charge in [-0.25, -0.2) is 0 Å². The van der Waals surface area contributed by atoms with Gasteiger partial charge >= 0.3 is 0 Å². The van der Waals surface area contributed by atoms with Crippen molar-refractivity contribution in [1.29, 1.82) is 0 Å². The summed E-state index contributed by atoms with van der Waals surface area (Å²) in [5.41, 5.74) is 1.44. The quantitative estimate of drug-likeness (QED) is 0.698. The lowest BCUT2D eigenvalue weighted by molar-refractivity contribution is 0.321. The highest BCUT2D eigenvalue weighted by molar-refractivity contribution is 6.88. The van der Waals surface area contributed by atoms with Gasteiger partial charge in [-0.05, 0) is 25.6 Å². The van der Waals surface area contributed by atoms with E-state index in [0.29, 0.717) is 0 Å². The van der Waals surface area contributed by atoms with Crippen molar-refractivity contribution in [3.05, 3.63) is 29.8 Å². The fourth-order valence-electron chi connectivity index (χ4n) is 1.93. The van der Waals surface area contributed by atoms with Crippen molar-refractivity contribution in [3.63, 3.8) is 0 Å². The largest absolute Gasteiger partial charge is 0.302 e. The molecule has 0 bridgehead atoms. The maximum absolute atomic E-state index is 2.41. The first-order chi connectivity index (χ1) is 7.93. The molecule has 0 spiro atoms. The molecule has 0 N–H and O–H groups in total. The highest BCUT2D eigenvalue weighted by Crippen LogP contribution is 2.07. The summed E-state index contributed by atoms with van der Waals surface area (Å²) < 4.78 is 0. The molecule has 0 aliphatic rings. The first-order valence-electron chi connectivity index (χ1n) is 6.71. The SMILES string of the molecule is CCCCN(C)Cc1ccc([Si](C)(C)C)cc1. The van der Waals surface area contributed by atoms with Crippen LogP contribution < -0.4 is 5.19 Å². The maximum atomic E-state index is 2.41. The Kier molecular flexibility index (Phi) is 5.41. The third kappa shape index (κ3) is 5.05. The third-order valence-corrected chi connectivity index (χ3v) is 5.23. The zero-order valence-corrected chi connectivity index (χ0v) is 13.1. The van der Waals surface area contributed by atoms with Crippen molar-refractivity contribution in [3.8, 4) is 0 Å². The molecule has 0 saturated carbocycles. The van der Waals surface area contributed by atoms with E-state index in [9.17, 15) is 0 Å². The molecule has 0 fully saturated rings. The predicted octanol–water partition coefficient (Wildman–Crippen LogP) is 3.46. The zero-order chi connectivity index (χ0) is 12.9. The second kappa shape index (κ2) is 6.36. The minimum absolute atomic E-state index is 1.08. The van der Waals surface area contributed by atoms with E-state index in [1.165, 1.54) is 24.9 Å².